The lowest BCUT2D eigenvalue weighted by atomic mass is 9.94. The highest BCUT2D eigenvalue weighted by Gasteiger charge is 2.30. The van der Waals surface area contributed by atoms with Crippen LogP contribution in [0.3, 0.4) is 0 Å². The number of benzene rings is 2. The minimum atomic E-state index is -4.56. The van der Waals surface area contributed by atoms with E-state index in [1.807, 2.05) is 19.9 Å². The molecule has 5 nitrogen and oxygen atoms in total. The van der Waals surface area contributed by atoms with Crippen LogP contribution in [0, 0.1) is 25.5 Å². The Kier molecular flexibility index (Phi) is 4.41. The van der Waals surface area contributed by atoms with Gasteiger partial charge in [-0.15, -0.1) is 0 Å². The number of aryl methyl sites for hydroxylation is 2. The van der Waals surface area contributed by atoms with Crippen LogP contribution in [0.2, 0.25) is 0 Å². The van der Waals surface area contributed by atoms with Gasteiger partial charge in [-0.05, 0) is 48.2 Å². The van der Waals surface area contributed by atoms with Gasteiger partial charge in [0.15, 0.2) is 4.90 Å². The third-order valence-corrected chi connectivity index (χ3v) is 5.24. The van der Waals surface area contributed by atoms with E-state index < -0.39 is 32.5 Å². The fraction of sp³-hybridized carbons (Fsp3) is 0.167. The van der Waals surface area contributed by atoms with Gasteiger partial charge in [-0.25, -0.2) is 27.1 Å². The number of halogens is 2. The number of primary sulfonamides is 1. The van der Waals surface area contributed by atoms with E-state index in [2.05, 4.69) is 0 Å². The molecule has 1 aliphatic heterocycles. The summed E-state index contributed by atoms with van der Waals surface area (Å²) in [7, 11) is -4.56. The summed E-state index contributed by atoms with van der Waals surface area (Å²) in [5.74, 6) is -3.26. The lowest BCUT2D eigenvalue weighted by Gasteiger charge is -2.09. The zero-order valence-corrected chi connectivity index (χ0v) is 14.8. The first-order valence-electron chi connectivity index (χ1n) is 7.59. The molecule has 2 aromatic rings. The molecule has 0 saturated carbocycles. The number of sulfonamides is 1. The smallest absolute Gasteiger partial charge is 0.339 e. The van der Waals surface area contributed by atoms with Crippen LogP contribution in [0.15, 0.2) is 35.2 Å². The Balaban J connectivity index is 2.22. The fourth-order valence-corrected chi connectivity index (χ4v) is 3.49. The molecule has 136 valence electrons. The zero-order valence-electron chi connectivity index (χ0n) is 14.0. The number of carbonyl (C=O) groups excluding carboxylic acids is 1. The second kappa shape index (κ2) is 6.30. The highest BCUT2D eigenvalue weighted by molar-refractivity contribution is 7.89. The van der Waals surface area contributed by atoms with Crippen LogP contribution in [0.1, 0.15) is 22.3 Å². The van der Waals surface area contributed by atoms with Crippen LogP contribution in [0.4, 0.5) is 8.78 Å². The molecule has 0 aromatic heterocycles. The number of carbonyl (C=O) groups is 1. The second-order valence-corrected chi connectivity index (χ2v) is 7.54. The first-order valence-corrected chi connectivity index (χ1v) is 9.14. The highest BCUT2D eigenvalue weighted by atomic mass is 32.2. The predicted octanol–water partition coefficient (Wildman–Crippen LogP) is 2.70. The third kappa shape index (κ3) is 3.13. The SMILES string of the molecule is Cc1ccc(C2=C(c3cc(F)c(S(N)(=O)=O)c(F)c3)COC2=O)cc1C. The third-order valence-electron chi connectivity index (χ3n) is 4.28. The van der Waals surface area contributed by atoms with Gasteiger partial charge in [0.2, 0.25) is 10.0 Å². The molecule has 0 amide bonds. The molecule has 0 radical (unpaired) electrons. The Labute approximate surface area is 149 Å². The number of nitrogens with two attached hydrogens (primary N) is 1. The lowest BCUT2D eigenvalue weighted by molar-refractivity contribution is -0.133. The summed E-state index contributed by atoms with van der Waals surface area (Å²) in [5.41, 5.74) is 3.01. The summed E-state index contributed by atoms with van der Waals surface area (Å²) < 4.78 is 56.0. The molecule has 8 heteroatoms. The Morgan fingerprint density at radius 3 is 2.15 bits per heavy atom. The molecular weight excluding hydrogens is 364 g/mol. The van der Waals surface area contributed by atoms with Gasteiger partial charge in [0, 0.05) is 5.57 Å². The predicted molar refractivity (Wildman–Crippen MR) is 91.4 cm³/mol. The van der Waals surface area contributed by atoms with E-state index in [4.69, 9.17) is 9.88 Å². The summed E-state index contributed by atoms with van der Waals surface area (Å²) in [4.78, 5) is 11.0. The molecule has 2 N–H and O–H groups in total. The van der Waals surface area contributed by atoms with Gasteiger partial charge >= 0.3 is 5.97 Å². The van der Waals surface area contributed by atoms with E-state index in [-0.39, 0.29) is 23.3 Å². The molecule has 0 spiro atoms. The maximum Gasteiger partial charge on any atom is 0.339 e. The molecule has 0 bridgehead atoms. The van der Waals surface area contributed by atoms with Gasteiger partial charge < -0.3 is 4.74 Å². The number of ether oxygens (including phenoxy) is 1. The van der Waals surface area contributed by atoms with E-state index in [9.17, 15) is 22.0 Å². The highest BCUT2D eigenvalue weighted by Crippen LogP contribution is 2.35. The van der Waals surface area contributed by atoms with E-state index in [1.165, 1.54) is 0 Å². The van der Waals surface area contributed by atoms with Crippen molar-refractivity contribution >= 4 is 27.1 Å². The second-order valence-electron chi connectivity index (χ2n) is 6.04. The van der Waals surface area contributed by atoms with Crippen LogP contribution >= 0.6 is 0 Å². The van der Waals surface area contributed by atoms with Crippen LogP contribution < -0.4 is 5.14 Å². The lowest BCUT2D eigenvalue weighted by Crippen LogP contribution is -2.16. The average molecular weight is 379 g/mol. The van der Waals surface area contributed by atoms with E-state index >= 15 is 0 Å². The maximum absolute atomic E-state index is 14.2. The van der Waals surface area contributed by atoms with Crippen molar-refractivity contribution in [3.63, 3.8) is 0 Å². The molecule has 0 aliphatic carbocycles. The van der Waals surface area contributed by atoms with Crippen molar-refractivity contribution < 1.29 is 26.7 Å². The Bertz CT molecular complexity index is 1050. The first kappa shape index (κ1) is 18.2. The molecule has 0 atom stereocenters. The Hall–Kier alpha value is -2.58. The van der Waals surface area contributed by atoms with Gasteiger partial charge in [0.05, 0.1) is 5.57 Å². The molecule has 0 unspecified atom stereocenters. The quantitative estimate of drug-likeness (QED) is 0.831. The normalized spacial score (nSPS) is 14.7. The van der Waals surface area contributed by atoms with Crippen molar-refractivity contribution in [3.8, 4) is 0 Å². The molecule has 0 fully saturated rings. The van der Waals surface area contributed by atoms with Gasteiger partial charge in [0.25, 0.3) is 0 Å². The van der Waals surface area contributed by atoms with E-state index in [1.54, 1.807) is 12.1 Å². The molecule has 1 aliphatic rings. The van der Waals surface area contributed by atoms with Crippen molar-refractivity contribution in [2.75, 3.05) is 6.61 Å². The van der Waals surface area contributed by atoms with Crippen LogP contribution in [0.25, 0.3) is 11.1 Å². The van der Waals surface area contributed by atoms with Crippen molar-refractivity contribution in [1.82, 2.24) is 0 Å². The monoisotopic (exact) mass is 379 g/mol. The summed E-state index contributed by atoms with van der Waals surface area (Å²) in [5, 5.41) is 4.83. The van der Waals surface area contributed by atoms with Gasteiger partial charge in [-0.3, -0.25) is 0 Å². The minimum Gasteiger partial charge on any atom is -0.457 e. The summed E-state index contributed by atoms with van der Waals surface area (Å²) in [6.07, 6.45) is 0. The van der Waals surface area contributed by atoms with Gasteiger partial charge in [-0.1, -0.05) is 18.2 Å². The average Bonchev–Trinajstić information content (AvgIpc) is 2.89. The Morgan fingerprint density at radius 2 is 1.62 bits per heavy atom. The fourth-order valence-electron chi connectivity index (χ4n) is 2.83. The largest absolute Gasteiger partial charge is 0.457 e. The molecule has 2 aromatic carbocycles. The number of cyclic esters (lactones) is 1. The maximum atomic E-state index is 14.2. The number of rotatable bonds is 3. The molecular formula is C18H15F2NO4S. The number of hydrogen-bond donors (Lipinski definition) is 1. The zero-order chi connectivity index (χ0) is 19.2. The number of esters is 1. The minimum absolute atomic E-state index is 0.0199. The Morgan fingerprint density at radius 1 is 1.00 bits per heavy atom. The van der Waals surface area contributed by atoms with Crippen molar-refractivity contribution in [2.45, 2.75) is 18.7 Å². The molecule has 26 heavy (non-hydrogen) atoms. The van der Waals surface area contributed by atoms with Crippen LogP contribution in [-0.4, -0.2) is 21.0 Å². The molecule has 0 saturated heterocycles. The van der Waals surface area contributed by atoms with E-state index in [0.29, 0.717) is 5.56 Å². The standard InChI is InChI=1S/C18H15F2NO4S/c1-9-3-4-11(5-10(9)2)16-13(8-25-18(16)22)12-6-14(19)17(15(20)7-12)26(21,23)24/h3-7H,8H2,1-2H3,(H2,21,23,24). The van der Waals surface area contributed by atoms with Crippen LogP contribution in [-0.2, 0) is 19.6 Å². The topological polar surface area (TPSA) is 86.5 Å². The van der Waals surface area contributed by atoms with Crippen LogP contribution in [0.5, 0.6) is 0 Å². The molecule has 1 heterocycles. The number of hydrogen-bond acceptors (Lipinski definition) is 4. The summed E-state index contributed by atoms with van der Waals surface area (Å²) in [6.45, 7) is 3.62. The van der Waals surface area contributed by atoms with Crippen molar-refractivity contribution in [1.29, 1.82) is 0 Å². The van der Waals surface area contributed by atoms with Crippen molar-refractivity contribution in [2.24, 2.45) is 5.14 Å². The van der Waals surface area contributed by atoms with Crippen molar-refractivity contribution in [3.05, 3.63) is 64.2 Å². The van der Waals surface area contributed by atoms with E-state index in [0.717, 1.165) is 23.3 Å². The van der Waals surface area contributed by atoms with Gasteiger partial charge in [-0.2, -0.15) is 0 Å². The first-order chi connectivity index (χ1) is 12.1. The molecule has 3 rings (SSSR count). The summed E-state index contributed by atoms with van der Waals surface area (Å²) >= 11 is 0. The van der Waals surface area contributed by atoms with Gasteiger partial charge in [0.1, 0.15) is 18.2 Å². The summed E-state index contributed by atoms with van der Waals surface area (Å²) in [6, 6.07) is 6.99.